The summed E-state index contributed by atoms with van der Waals surface area (Å²) < 4.78 is 5.52. The number of pyridine rings is 1. The molecule has 0 atom stereocenters. The first kappa shape index (κ1) is 13.8. The van der Waals surface area contributed by atoms with E-state index in [1.807, 2.05) is 19.2 Å². The van der Waals surface area contributed by atoms with Gasteiger partial charge in [0.2, 0.25) is 0 Å². The first-order valence-corrected chi connectivity index (χ1v) is 10.1. The van der Waals surface area contributed by atoms with Crippen LogP contribution in [0.5, 0.6) is 0 Å². The van der Waals surface area contributed by atoms with Crippen LogP contribution in [0.2, 0.25) is 19.6 Å². The molecule has 0 amide bonds. The maximum Gasteiger partial charge on any atom is 0.138 e. The van der Waals surface area contributed by atoms with Crippen LogP contribution in [0.15, 0.2) is 37.0 Å². The van der Waals surface area contributed by atoms with Crippen molar-refractivity contribution in [2.75, 3.05) is 6.61 Å². The Morgan fingerprint density at radius 1 is 1.26 bits per heavy atom. The molecule has 3 heteroatoms. The molecule has 0 saturated heterocycles. The minimum atomic E-state index is -1.33. The number of benzene rings is 1. The van der Waals surface area contributed by atoms with Crippen molar-refractivity contribution in [2.24, 2.45) is 0 Å². The van der Waals surface area contributed by atoms with Crippen molar-refractivity contribution in [3.05, 3.63) is 42.7 Å². The van der Waals surface area contributed by atoms with Crippen LogP contribution in [-0.4, -0.2) is 19.7 Å². The standard InChI is InChI=1S/C16H21NOSi/c1-6-18-12(2)16-15-11-14(19(3,4)5)8-7-13(15)9-10-17-16/h7-11H,2,6H2,1,3-5H3. The summed E-state index contributed by atoms with van der Waals surface area (Å²) in [7, 11) is -1.33. The normalized spacial score (nSPS) is 11.6. The SMILES string of the molecule is C=C(OCC)c1nccc2ccc([Si](C)(C)C)cc12. The summed E-state index contributed by atoms with van der Waals surface area (Å²) in [6.45, 7) is 13.6. The highest BCUT2D eigenvalue weighted by Crippen LogP contribution is 2.22. The summed E-state index contributed by atoms with van der Waals surface area (Å²) in [4.78, 5) is 4.44. The summed E-state index contributed by atoms with van der Waals surface area (Å²) in [6.07, 6.45) is 1.82. The Kier molecular flexibility index (Phi) is 3.76. The molecule has 0 saturated carbocycles. The minimum absolute atomic E-state index is 0.616. The number of ether oxygens (including phenoxy) is 1. The van der Waals surface area contributed by atoms with E-state index in [1.54, 1.807) is 0 Å². The van der Waals surface area contributed by atoms with E-state index in [-0.39, 0.29) is 0 Å². The maximum atomic E-state index is 5.52. The summed E-state index contributed by atoms with van der Waals surface area (Å²) in [5.41, 5.74) is 0.861. The van der Waals surface area contributed by atoms with E-state index in [0.29, 0.717) is 12.4 Å². The third-order valence-corrected chi connectivity index (χ3v) is 5.26. The summed E-state index contributed by atoms with van der Waals surface area (Å²) in [5, 5.41) is 3.76. The van der Waals surface area contributed by atoms with Crippen LogP contribution < -0.4 is 5.19 Å². The van der Waals surface area contributed by atoms with Crippen molar-refractivity contribution >= 4 is 29.8 Å². The molecule has 0 aliphatic heterocycles. The van der Waals surface area contributed by atoms with Crippen molar-refractivity contribution < 1.29 is 4.74 Å². The third-order valence-electron chi connectivity index (χ3n) is 3.21. The Morgan fingerprint density at radius 2 is 2.00 bits per heavy atom. The summed E-state index contributed by atoms with van der Waals surface area (Å²) in [5.74, 6) is 0.654. The average molecular weight is 271 g/mol. The van der Waals surface area contributed by atoms with E-state index >= 15 is 0 Å². The molecule has 2 nitrogen and oxygen atoms in total. The fourth-order valence-corrected chi connectivity index (χ4v) is 3.26. The van der Waals surface area contributed by atoms with Gasteiger partial charge < -0.3 is 4.74 Å². The van der Waals surface area contributed by atoms with Gasteiger partial charge in [0.15, 0.2) is 0 Å². The van der Waals surface area contributed by atoms with Crippen molar-refractivity contribution in [2.45, 2.75) is 26.6 Å². The molecule has 1 aromatic carbocycles. The quantitative estimate of drug-likeness (QED) is 0.623. The molecule has 2 rings (SSSR count). The highest BCUT2D eigenvalue weighted by Gasteiger charge is 2.17. The zero-order chi connectivity index (χ0) is 14.0. The molecule has 0 fully saturated rings. The van der Waals surface area contributed by atoms with Crippen molar-refractivity contribution in [3.8, 4) is 0 Å². The first-order chi connectivity index (χ1) is 8.93. The number of hydrogen-bond donors (Lipinski definition) is 0. The average Bonchev–Trinajstić information content (AvgIpc) is 2.36. The maximum absolute atomic E-state index is 5.52. The Morgan fingerprint density at radius 3 is 2.63 bits per heavy atom. The van der Waals surface area contributed by atoms with E-state index in [9.17, 15) is 0 Å². The highest BCUT2D eigenvalue weighted by molar-refractivity contribution is 6.88. The van der Waals surface area contributed by atoms with E-state index in [0.717, 1.165) is 11.1 Å². The van der Waals surface area contributed by atoms with Gasteiger partial charge in [-0.3, -0.25) is 4.98 Å². The zero-order valence-corrected chi connectivity index (χ0v) is 13.2. The van der Waals surface area contributed by atoms with Crippen LogP contribution >= 0.6 is 0 Å². The molecule has 2 aromatic rings. The molecule has 0 radical (unpaired) electrons. The monoisotopic (exact) mass is 271 g/mol. The Balaban J connectivity index is 2.62. The lowest BCUT2D eigenvalue weighted by molar-refractivity contribution is 0.298. The highest BCUT2D eigenvalue weighted by atomic mass is 28.3. The van der Waals surface area contributed by atoms with Gasteiger partial charge >= 0.3 is 0 Å². The van der Waals surface area contributed by atoms with Crippen LogP contribution in [0, 0.1) is 0 Å². The summed E-state index contributed by atoms with van der Waals surface area (Å²) >= 11 is 0. The van der Waals surface area contributed by atoms with E-state index in [1.165, 1.54) is 10.6 Å². The number of hydrogen-bond acceptors (Lipinski definition) is 2. The van der Waals surface area contributed by atoms with Gasteiger partial charge in [-0.2, -0.15) is 0 Å². The predicted molar refractivity (Wildman–Crippen MR) is 85.4 cm³/mol. The Hall–Kier alpha value is -1.61. The lowest BCUT2D eigenvalue weighted by Gasteiger charge is -2.18. The number of nitrogens with zero attached hydrogens (tertiary/aromatic N) is 1. The molecule has 0 spiro atoms. The van der Waals surface area contributed by atoms with E-state index in [2.05, 4.69) is 49.4 Å². The molecule has 1 heterocycles. The van der Waals surface area contributed by atoms with Crippen molar-refractivity contribution in [3.63, 3.8) is 0 Å². The lowest BCUT2D eigenvalue weighted by atomic mass is 10.1. The molecule has 1 aromatic heterocycles. The van der Waals surface area contributed by atoms with Gasteiger partial charge in [0.05, 0.1) is 14.7 Å². The van der Waals surface area contributed by atoms with Crippen LogP contribution in [-0.2, 0) is 4.74 Å². The van der Waals surface area contributed by atoms with Crippen molar-refractivity contribution in [1.82, 2.24) is 4.98 Å². The van der Waals surface area contributed by atoms with Crippen LogP contribution in [0.25, 0.3) is 16.5 Å². The van der Waals surface area contributed by atoms with Gasteiger partial charge in [-0.25, -0.2) is 0 Å². The smallest absolute Gasteiger partial charge is 0.138 e. The molecule has 0 aliphatic rings. The molecule has 0 N–H and O–H groups in total. The van der Waals surface area contributed by atoms with Crippen LogP contribution in [0.1, 0.15) is 12.6 Å². The van der Waals surface area contributed by atoms with Crippen molar-refractivity contribution in [1.29, 1.82) is 0 Å². The summed E-state index contributed by atoms with van der Waals surface area (Å²) in [6, 6.07) is 8.70. The van der Waals surface area contributed by atoms with Gasteiger partial charge in [-0.05, 0) is 18.4 Å². The molecule has 19 heavy (non-hydrogen) atoms. The lowest BCUT2D eigenvalue weighted by Crippen LogP contribution is -2.37. The largest absolute Gasteiger partial charge is 0.492 e. The van der Waals surface area contributed by atoms with E-state index < -0.39 is 8.07 Å². The first-order valence-electron chi connectivity index (χ1n) is 6.65. The molecule has 0 aliphatic carbocycles. The second kappa shape index (κ2) is 5.17. The second-order valence-electron chi connectivity index (χ2n) is 5.70. The van der Waals surface area contributed by atoms with Gasteiger partial charge in [0.25, 0.3) is 0 Å². The Bertz CT molecular complexity index is 614. The van der Waals surface area contributed by atoms with Gasteiger partial charge in [0.1, 0.15) is 11.5 Å². The van der Waals surface area contributed by atoms with Crippen LogP contribution in [0.4, 0.5) is 0 Å². The predicted octanol–water partition coefficient (Wildman–Crippen LogP) is 3.79. The van der Waals surface area contributed by atoms with Crippen LogP contribution in [0.3, 0.4) is 0 Å². The molecule has 100 valence electrons. The van der Waals surface area contributed by atoms with E-state index in [4.69, 9.17) is 4.74 Å². The fourth-order valence-electron chi connectivity index (χ4n) is 2.10. The van der Waals surface area contributed by atoms with Gasteiger partial charge in [-0.1, -0.05) is 49.6 Å². The number of fused-ring (bicyclic) bond motifs is 1. The molecular weight excluding hydrogens is 250 g/mol. The van der Waals surface area contributed by atoms with Gasteiger partial charge in [0, 0.05) is 11.6 Å². The molecule has 0 bridgehead atoms. The number of rotatable bonds is 4. The molecule has 0 unspecified atom stereocenters. The fraction of sp³-hybridized carbons (Fsp3) is 0.312. The zero-order valence-electron chi connectivity index (χ0n) is 12.2. The Labute approximate surface area is 116 Å². The second-order valence-corrected chi connectivity index (χ2v) is 10.8. The van der Waals surface area contributed by atoms with Gasteiger partial charge in [-0.15, -0.1) is 0 Å². The number of aromatic nitrogens is 1. The minimum Gasteiger partial charge on any atom is -0.492 e. The molecular formula is C16H21NOSi. The third kappa shape index (κ3) is 2.87. The topological polar surface area (TPSA) is 22.1 Å².